The highest BCUT2D eigenvalue weighted by Gasteiger charge is 2.55. The van der Waals surface area contributed by atoms with E-state index in [2.05, 4.69) is 24.4 Å². The van der Waals surface area contributed by atoms with Gasteiger partial charge in [-0.05, 0) is 38.5 Å². The van der Waals surface area contributed by atoms with Crippen molar-refractivity contribution in [2.24, 2.45) is 0 Å². The molecule has 0 aromatic rings. The molecule has 0 radical (unpaired) electrons. The lowest BCUT2D eigenvalue weighted by molar-refractivity contribution is -0.187. The first-order valence-electron chi connectivity index (χ1n) is 13.0. The topological polar surface area (TPSA) is 102 Å². The fourth-order valence-corrected chi connectivity index (χ4v) is 3.83. The van der Waals surface area contributed by atoms with E-state index < -0.39 is 29.7 Å². The van der Waals surface area contributed by atoms with Crippen LogP contribution >= 0.6 is 0 Å². The predicted octanol–water partition coefficient (Wildman–Crippen LogP) is 5.10. The number of ether oxygens (including phenoxy) is 2. The van der Waals surface area contributed by atoms with Gasteiger partial charge in [0.15, 0.2) is 6.10 Å². The standard InChI is InChI=1S/C26H45NO6/c1-3-5-6-7-8-9-10-11-12-13-14-15-16-17-18-19-24(29)33-22-21-23(28)27-26(22,31)25(30)32-20-4-2/h11-12,22,31H,3-10,13-21H2,1-2H3,(H,27,28)/b12-11-/t22?,26-/m1/s1. The fraction of sp³-hybridized carbons (Fsp3) is 0.808. The molecule has 7 nitrogen and oxygen atoms in total. The average Bonchev–Trinajstić information content (AvgIpc) is 3.08. The highest BCUT2D eigenvalue weighted by atomic mass is 16.6. The zero-order chi connectivity index (χ0) is 24.4. The van der Waals surface area contributed by atoms with Gasteiger partial charge in [-0.3, -0.25) is 9.59 Å². The molecule has 1 rings (SSSR count). The first-order chi connectivity index (χ1) is 15.9. The van der Waals surface area contributed by atoms with Crippen molar-refractivity contribution in [3.05, 3.63) is 12.2 Å². The Bertz CT molecular complexity index is 606. The summed E-state index contributed by atoms with van der Waals surface area (Å²) < 4.78 is 10.2. The molecule has 1 heterocycles. The minimum absolute atomic E-state index is 0.118. The number of nitrogens with one attached hydrogen (secondary N) is 1. The molecule has 0 spiro atoms. The number of aliphatic hydroxyl groups is 1. The van der Waals surface area contributed by atoms with Gasteiger partial charge < -0.3 is 19.9 Å². The second-order valence-electron chi connectivity index (χ2n) is 8.97. The molecule has 1 saturated heterocycles. The molecule has 0 aliphatic carbocycles. The van der Waals surface area contributed by atoms with Crippen molar-refractivity contribution in [1.29, 1.82) is 0 Å². The van der Waals surface area contributed by atoms with Gasteiger partial charge in [0.2, 0.25) is 5.91 Å². The Labute approximate surface area is 199 Å². The first kappa shape index (κ1) is 29.1. The molecule has 2 atom stereocenters. The van der Waals surface area contributed by atoms with E-state index >= 15 is 0 Å². The van der Waals surface area contributed by atoms with Crippen LogP contribution in [0.3, 0.4) is 0 Å². The van der Waals surface area contributed by atoms with Gasteiger partial charge in [-0.1, -0.05) is 77.4 Å². The van der Waals surface area contributed by atoms with Crippen molar-refractivity contribution in [3.8, 4) is 0 Å². The van der Waals surface area contributed by atoms with E-state index in [1.165, 1.54) is 44.9 Å². The number of carbonyl (C=O) groups excluding carboxylic acids is 3. The molecule has 190 valence electrons. The monoisotopic (exact) mass is 467 g/mol. The Morgan fingerprint density at radius 1 is 0.939 bits per heavy atom. The van der Waals surface area contributed by atoms with E-state index in [4.69, 9.17) is 9.47 Å². The maximum absolute atomic E-state index is 12.1. The Morgan fingerprint density at radius 3 is 2.12 bits per heavy atom. The maximum Gasteiger partial charge on any atom is 0.363 e. The van der Waals surface area contributed by atoms with E-state index in [9.17, 15) is 19.5 Å². The molecule has 1 unspecified atom stereocenters. The number of esters is 2. The summed E-state index contributed by atoms with van der Waals surface area (Å²) in [7, 11) is 0. The van der Waals surface area contributed by atoms with Crippen LogP contribution in [0.15, 0.2) is 12.2 Å². The van der Waals surface area contributed by atoms with Crippen LogP contribution < -0.4 is 5.32 Å². The third kappa shape index (κ3) is 12.2. The molecule has 1 fully saturated rings. The summed E-state index contributed by atoms with van der Waals surface area (Å²) >= 11 is 0. The molecule has 0 saturated carbocycles. The molecule has 0 aromatic heterocycles. The Hall–Kier alpha value is -1.89. The van der Waals surface area contributed by atoms with Crippen molar-refractivity contribution in [3.63, 3.8) is 0 Å². The number of rotatable bonds is 19. The number of allylic oxidation sites excluding steroid dienone is 2. The van der Waals surface area contributed by atoms with Crippen LogP contribution in [0.4, 0.5) is 0 Å². The van der Waals surface area contributed by atoms with Gasteiger partial charge in [0.05, 0.1) is 13.0 Å². The highest BCUT2D eigenvalue weighted by Crippen LogP contribution is 2.24. The van der Waals surface area contributed by atoms with Crippen molar-refractivity contribution in [1.82, 2.24) is 5.32 Å². The summed E-state index contributed by atoms with van der Waals surface area (Å²) in [5, 5.41) is 12.7. The molecule has 1 aliphatic rings. The third-order valence-corrected chi connectivity index (χ3v) is 5.83. The molecule has 0 aromatic carbocycles. The highest BCUT2D eigenvalue weighted by molar-refractivity contribution is 5.92. The summed E-state index contributed by atoms with van der Waals surface area (Å²) in [5.74, 6) is -2.06. The smallest absolute Gasteiger partial charge is 0.363 e. The van der Waals surface area contributed by atoms with E-state index in [-0.39, 0.29) is 19.4 Å². The van der Waals surface area contributed by atoms with Crippen molar-refractivity contribution < 1.29 is 29.0 Å². The number of unbranched alkanes of at least 4 members (excludes halogenated alkanes) is 11. The van der Waals surface area contributed by atoms with Gasteiger partial charge in [0.25, 0.3) is 5.72 Å². The minimum Gasteiger partial charge on any atom is -0.462 e. The largest absolute Gasteiger partial charge is 0.462 e. The zero-order valence-electron chi connectivity index (χ0n) is 20.7. The molecular weight excluding hydrogens is 422 g/mol. The summed E-state index contributed by atoms with van der Waals surface area (Å²) in [6.45, 7) is 4.18. The maximum atomic E-state index is 12.1. The van der Waals surface area contributed by atoms with Gasteiger partial charge in [-0.2, -0.15) is 0 Å². The van der Waals surface area contributed by atoms with Gasteiger partial charge in [-0.15, -0.1) is 0 Å². The number of carbonyl (C=O) groups is 3. The van der Waals surface area contributed by atoms with Crippen LogP contribution in [0.5, 0.6) is 0 Å². The van der Waals surface area contributed by atoms with E-state index in [1.807, 2.05) is 6.92 Å². The number of amides is 1. The second kappa shape index (κ2) is 17.6. The van der Waals surface area contributed by atoms with E-state index in [0.717, 1.165) is 32.1 Å². The van der Waals surface area contributed by atoms with Crippen molar-refractivity contribution in [2.45, 2.75) is 128 Å². The van der Waals surface area contributed by atoms with Crippen LogP contribution in [0.25, 0.3) is 0 Å². The number of hydrogen-bond acceptors (Lipinski definition) is 6. The SMILES string of the molecule is CCCCCCCC/C=C\CCCCCCCC(=O)OC1CC(=O)N[C@]1(O)C(=O)OCCC. The van der Waals surface area contributed by atoms with Crippen LogP contribution in [0, 0.1) is 0 Å². The Kier molecular flexibility index (Phi) is 15.5. The molecule has 2 N–H and O–H groups in total. The molecule has 7 heteroatoms. The van der Waals surface area contributed by atoms with E-state index in [0.29, 0.717) is 12.8 Å². The van der Waals surface area contributed by atoms with Gasteiger partial charge >= 0.3 is 11.9 Å². The zero-order valence-corrected chi connectivity index (χ0v) is 20.7. The van der Waals surface area contributed by atoms with Crippen molar-refractivity contribution >= 4 is 17.8 Å². The average molecular weight is 468 g/mol. The van der Waals surface area contributed by atoms with Crippen LogP contribution in [0.2, 0.25) is 0 Å². The first-order valence-corrected chi connectivity index (χ1v) is 13.0. The molecule has 0 bridgehead atoms. The van der Waals surface area contributed by atoms with E-state index in [1.54, 1.807) is 0 Å². The lowest BCUT2D eigenvalue weighted by Crippen LogP contribution is -2.57. The van der Waals surface area contributed by atoms with Crippen LogP contribution in [-0.4, -0.2) is 41.4 Å². The predicted molar refractivity (Wildman–Crippen MR) is 128 cm³/mol. The Morgan fingerprint density at radius 2 is 1.52 bits per heavy atom. The second-order valence-corrected chi connectivity index (χ2v) is 8.97. The quantitative estimate of drug-likeness (QED) is 0.156. The molecule has 1 aliphatic heterocycles. The molecular formula is C26H45NO6. The molecule has 33 heavy (non-hydrogen) atoms. The summed E-state index contributed by atoms with van der Waals surface area (Å²) in [5.41, 5.74) is -2.30. The normalized spacial score (nSPS) is 20.2. The Balaban J connectivity index is 2.09. The van der Waals surface area contributed by atoms with Gasteiger partial charge in [0, 0.05) is 6.42 Å². The van der Waals surface area contributed by atoms with Crippen LogP contribution in [-0.2, 0) is 23.9 Å². The van der Waals surface area contributed by atoms with Gasteiger partial charge in [-0.25, -0.2) is 4.79 Å². The summed E-state index contributed by atoms with van der Waals surface area (Å²) in [4.78, 5) is 35.9. The summed E-state index contributed by atoms with van der Waals surface area (Å²) in [6.07, 6.45) is 19.1. The summed E-state index contributed by atoms with van der Waals surface area (Å²) in [6, 6.07) is 0. The van der Waals surface area contributed by atoms with Gasteiger partial charge in [0.1, 0.15) is 0 Å². The number of hydrogen-bond donors (Lipinski definition) is 2. The van der Waals surface area contributed by atoms with Crippen LogP contribution in [0.1, 0.15) is 117 Å². The fourth-order valence-electron chi connectivity index (χ4n) is 3.83. The minimum atomic E-state index is -2.30. The van der Waals surface area contributed by atoms with Crippen molar-refractivity contribution in [2.75, 3.05) is 6.61 Å². The lowest BCUT2D eigenvalue weighted by atomic mass is 10.1. The third-order valence-electron chi connectivity index (χ3n) is 5.83. The molecule has 1 amide bonds. The lowest BCUT2D eigenvalue weighted by Gasteiger charge is -2.26.